The quantitative estimate of drug-likeness (QED) is 0.832. The molecule has 0 bridgehead atoms. The van der Waals surface area contributed by atoms with Gasteiger partial charge in [0.1, 0.15) is 0 Å². The second-order valence-electron chi connectivity index (χ2n) is 3.03. The highest BCUT2D eigenvalue weighted by Gasteiger charge is 2.17. The van der Waals surface area contributed by atoms with Crippen molar-refractivity contribution < 1.29 is 8.42 Å². The van der Waals surface area contributed by atoms with Crippen LogP contribution in [0.1, 0.15) is 0 Å². The molecule has 0 aliphatic heterocycles. The van der Waals surface area contributed by atoms with Gasteiger partial charge in [-0.3, -0.25) is 0 Å². The Hall–Kier alpha value is -0.560. The fourth-order valence-corrected chi connectivity index (χ4v) is 3.14. The summed E-state index contributed by atoms with van der Waals surface area (Å²) in [6.07, 6.45) is 0. The van der Waals surface area contributed by atoms with E-state index in [0.29, 0.717) is 10.2 Å². The van der Waals surface area contributed by atoms with Gasteiger partial charge in [-0.2, -0.15) is 0 Å². The number of halogens is 2. The molecule has 88 valence electrons. The number of nitrogens with two attached hydrogens (primary N) is 1. The minimum atomic E-state index is -3.63. The summed E-state index contributed by atoms with van der Waals surface area (Å²) >= 11 is 8.63. The molecule has 0 heterocycles. The minimum absolute atomic E-state index is 0.0227. The van der Waals surface area contributed by atoms with Gasteiger partial charge in [0.25, 0.3) is 0 Å². The van der Waals surface area contributed by atoms with Crippen LogP contribution in [-0.4, -0.2) is 15.0 Å². The lowest BCUT2D eigenvalue weighted by molar-refractivity contribution is 0.585. The van der Waals surface area contributed by atoms with Crippen LogP contribution in [0.3, 0.4) is 0 Å². The third kappa shape index (κ3) is 3.48. The molecule has 0 aromatic heterocycles. The largest absolute Gasteiger partial charge is 0.399 e. The average Bonchev–Trinajstić information content (AvgIpc) is 2.19. The van der Waals surface area contributed by atoms with Gasteiger partial charge in [0.05, 0.1) is 4.90 Å². The smallest absolute Gasteiger partial charge is 0.242 e. The van der Waals surface area contributed by atoms with Crippen LogP contribution in [-0.2, 0) is 10.0 Å². The third-order valence-corrected chi connectivity index (χ3v) is 4.23. The minimum Gasteiger partial charge on any atom is -0.399 e. The van der Waals surface area contributed by atoms with Crippen LogP contribution in [0.4, 0.5) is 5.69 Å². The molecule has 0 radical (unpaired) electrons. The number of rotatable bonds is 4. The van der Waals surface area contributed by atoms with E-state index in [-0.39, 0.29) is 16.5 Å². The summed E-state index contributed by atoms with van der Waals surface area (Å²) < 4.78 is 26.4. The monoisotopic (exact) mass is 324 g/mol. The normalized spacial score (nSPS) is 11.4. The Labute approximate surface area is 108 Å². The van der Waals surface area contributed by atoms with E-state index in [2.05, 4.69) is 27.2 Å². The number of nitrogens with one attached hydrogen (secondary N) is 1. The van der Waals surface area contributed by atoms with E-state index < -0.39 is 10.0 Å². The van der Waals surface area contributed by atoms with Crippen LogP contribution in [0, 0.1) is 0 Å². The topological polar surface area (TPSA) is 72.2 Å². The maximum absolute atomic E-state index is 11.8. The lowest BCUT2D eigenvalue weighted by Gasteiger charge is -2.08. The Morgan fingerprint density at radius 3 is 2.75 bits per heavy atom. The zero-order valence-electron chi connectivity index (χ0n) is 8.20. The van der Waals surface area contributed by atoms with Crippen LogP contribution in [0.25, 0.3) is 0 Å². The predicted molar refractivity (Wildman–Crippen MR) is 68.7 cm³/mol. The first-order chi connectivity index (χ1) is 7.33. The maximum Gasteiger partial charge on any atom is 0.242 e. The van der Waals surface area contributed by atoms with E-state index in [9.17, 15) is 8.42 Å². The fourth-order valence-electron chi connectivity index (χ4n) is 0.977. The first-order valence-corrected chi connectivity index (χ1v) is 6.86. The van der Waals surface area contributed by atoms with Crippen molar-refractivity contribution in [1.82, 2.24) is 4.72 Å². The Morgan fingerprint density at radius 2 is 2.19 bits per heavy atom. The van der Waals surface area contributed by atoms with Gasteiger partial charge < -0.3 is 5.73 Å². The Kier molecular flexibility index (Phi) is 4.37. The van der Waals surface area contributed by atoms with E-state index in [1.54, 1.807) is 12.1 Å². The molecule has 16 heavy (non-hydrogen) atoms. The van der Waals surface area contributed by atoms with E-state index in [1.807, 2.05) is 0 Å². The lowest BCUT2D eigenvalue weighted by Crippen LogP contribution is -2.25. The first kappa shape index (κ1) is 13.5. The number of nitrogen functional groups attached to an aromatic ring is 1. The summed E-state index contributed by atoms with van der Waals surface area (Å²) in [5.74, 6) is 0. The van der Waals surface area contributed by atoms with Gasteiger partial charge in [0, 0.05) is 21.7 Å². The highest BCUT2D eigenvalue weighted by molar-refractivity contribution is 9.10. The molecule has 7 heteroatoms. The molecular weight excluding hydrogens is 316 g/mol. The van der Waals surface area contributed by atoms with Crippen molar-refractivity contribution in [1.29, 1.82) is 0 Å². The summed E-state index contributed by atoms with van der Waals surface area (Å²) in [6, 6.07) is 4.53. The molecule has 1 aromatic rings. The van der Waals surface area contributed by atoms with Crippen molar-refractivity contribution in [3.05, 3.63) is 34.3 Å². The molecule has 0 aliphatic carbocycles. The van der Waals surface area contributed by atoms with Crippen molar-refractivity contribution in [2.75, 3.05) is 12.3 Å². The molecule has 0 saturated carbocycles. The van der Waals surface area contributed by atoms with Gasteiger partial charge in [-0.05, 0) is 34.1 Å². The Morgan fingerprint density at radius 1 is 1.56 bits per heavy atom. The van der Waals surface area contributed by atoms with Crippen molar-refractivity contribution in [3.63, 3.8) is 0 Å². The molecule has 0 fully saturated rings. The van der Waals surface area contributed by atoms with Gasteiger partial charge in [-0.25, -0.2) is 13.1 Å². The van der Waals surface area contributed by atoms with E-state index >= 15 is 0 Å². The second kappa shape index (κ2) is 5.18. The van der Waals surface area contributed by atoms with Crippen molar-refractivity contribution >= 4 is 43.2 Å². The van der Waals surface area contributed by atoms with Crippen LogP contribution in [0.15, 0.2) is 39.2 Å². The van der Waals surface area contributed by atoms with Crippen LogP contribution in [0.2, 0.25) is 0 Å². The molecular formula is C9H10BrClN2O2S. The summed E-state index contributed by atoms with van der Waals surface area (Å²) in [5, 5.41) is 0.212. The fraction of sp³-hybridized carbons (Fsp3) is 0.111. The van der Waals surface area contributed by atoms with Gasteiger partial charge in [0.2, 0.25) is 10.0 Å². The highest BCUT2D eigenvalue weighted by atomic mass is 79.9. The molecule has 0 atom stereocenters. The van der Waals surface area contributed by atoms with Crippen molar-refractivity contribution in [2.45, 2.75) is 4.90 Å². The van der Waals surface area contributed by atoms with Crippen LogP contribution >= 0.6 is 27.5 Å². The molecule has 0 spiro atoms. The standard InChI is InChI=1S/C9H10BrClN2O2S/c1-6(11)5-13-16(14,15)9-4-7(12)2-3-8(9)10/h2-4,13H,1,5,12H2. The first-order valence-electron chi connectivity index (χ1n) is 4.21. The average molecular weight is 326 g/mol. The maximum atomic E-state index is 11.8. The molecule has 4 nitrogen and oxygen atoms in total. The summed E-state index contributed by atoms with van der Waals surface area (Å²) in [5.41, 5.74) is 5.89. The van der Waals surface area contributed by atoms with E-state index in [1.165, 1.54) is 6.07 Å². The van der Waals surface area contributed by atoms with Crippen molar-refractivity contribution in [3.8, 4) is 0 Å². The summed E-state index contributed by atoms with van der Waals surface area (Å²) in [4.78, 5) is 0.0745. The highest BCUT2D eigenvalue weighted by Crippen LogP contribution is 2.24. The van der Waals surface area contributed by atoms with E-state index in [4.69, 9.17) is 17.3 Å². The van der Waals surface area contributed by atoms with Crippen molar-refractivity contribution in [2.24, 2.45) is 0 Å². The summed E-state index contributed by atoms with van der Waals surface area (Å²) in [6.45, 7) is 3.37. The van der Waals surface area contributed by atoms with Gasteiger partial charge in [-0.15, -0.1) is 0 Å². The molecule has 0 unspecified atom stereocenters. The zero-order chi connectivity index (χ0) is 12.3. The van der Waals surface area contributed by atoms with Gasteiger partial charge >= 0.3 is 0 Å². The molecule has 3 N–H and O–H groups in total. The molecule has 1 aromatic carbocycles. The second-order valence-corrected chi connectivity index (χ2v) is 6.16. The molecule has 0 amide bonds. The number of benzene rings is 1. The number of sulfonamides is 1. The number of hydrogen-bond donors (Lipinski definition) is 2. The Bertz CT molecular complexity index is 516. The summed E-state index contributed by atoms with van der Waals surface area (Å²) in [7, 11) is -3.63. The van der Waals surface area contributed by atoms with Gasteiger partial charge in [0.15, 0.2) is 0 Å². The molecule has 0 saturated heterocycles. The van der Waals surface area contributed by atoms with E-state index in [0.717, 1.165) is 0 Å². The van der Waals surface area contributed by atoms with Crippen LogP contribution in [0.5, 0.6) is 0 Å². The molecule has 1 rings (SSSR count). The predicted octanol–water partition coefficient (Wildman–Crippen LogP) is 2.06. The number of hydrogen-bond acceptors (Lipinski definition) is 3. The lowest BCUT2D eigenvalue weighted by atomic mass is 10.3. The zero-order valence-corrected chi connectivity index (χ0v) is 11.4. The third-order valence-electron chi connectivity index (χ3n) is 1.70. The molecule has 0 aliphatic rings. The number of anilines is 1. The van der Waals surface area contributed by atoms with Crippen LogP contribution < -0.4 is 10.5 Å². The Balaban J connectivity index is 3.07. The van der Waals surface area contributed by atoms with Gasteiger partial charge in [-0.1, -0.05) is 18.2 Å². The SMILES string of the molecule is C=C(Cl)CNS(=O)(=O)c1cc(N)ccc1Br.